The van der Waals surface area contributed by atoms with Crippen LogP contribution < -0.4 is 10.6 Å². The van der Waals surface area contributed by atoms with Crippen molar-refractivity contribution in [3.8, 4) is 0 Å². The van der Waals surface area contributed by atoms with Crippen molar-refractivity contribution in [1.29, 1.82) is 0 Å². The predicted octanol–water partition coefficient (Wildman–Crippen LogP) is 0.778. The molecule has 0 unspecified atom stereocenters. The van der Waals surface area contributed by atoms with Gasteiger partial charge in [-0.05, 0) is 32.4 Å². The van der Waals surface area contributed by atoms with Gasteiger partial charge in [-0.1, -0.05) is 0 Å². The van der Waals surface area contributed by atoms with Gasteiger partial charge in [-0.15, -0.1) is 0 Å². The molecule has 1 aromatic heterocycles. The first-order chi connectivity index (χ1) is 8.06. The van der Waals surface area contributed by atoms with Crippen molar-refractivity contribution in [2.75, 3.05) is 18.1 Å². The molecule has 1 heterocycles. The maximum Gasteiger partial charge on any atom is 0.250 e. The Kier molecular flexibility index (Phi) is 4.90. The second-order valence-electron chi connectivity index (χ2n) is 4.13. The smallest absolute Gasteiger partial charge is 0.250 e. The van der Waals surface area contributed by atoms with Gasteiger partial charge in [0.05, 0.1) is 5.56 Å². The highest BCUT2D eigenvalue weighted by molar-refractivity contribution is 5.92. The van der Waals surface area contributed by atoms with Crippen molar-refractivity contribution in [3.63, 3.8) is 0 Å². The number of rotatable bonds is 6. The zero-order valence-corrected chi connectivity index (χ0v) is 10.3. The Bertz CT molecular complexity index is 363. The average Bonchev–Trinajstić information content (AvgIpc) is 2.29. The summed E-state index contributed by atoms with van der Waals surface area (Å²) in [5.74, 6) is 0.314. The van der Waals surface area contributed by atoms with E-state index in [1.54, 1.807) is 12.1 Å². The van der Waals surface area contributed by atoms with Gasteiger partial charge in [0, 0.05) is 25.4 Å². The minimum Gasteiger partial charge on any atom is -0.396 e. The lowest BCUT2D eigenvalue weighted by atomic mass is 10.2. The van der Waals surface area contributed by atoms with Crippen LogP contribution in [-0.2, 0) is 0 Å². The number of nitrogens with zero attached hydrogens (tertiary/aromatic N) is 2. The number of anilines is 1. The number of amides is 1. The third-order valence-corrected chi connectivity index (χ3v) is 2.51. The molecule has 0 atom stereocenters. The molecule has 1 aromatic rings. The summed E-state index contributed by atoms with van der Waals surface area (Å²) in [5, 5.41) is 8.85. The fourth-order valence-corrected chi connectivity index (χ4v) is 1.58. The van der Waals surface area contributed by atoms with Crippen molar-refractivity contribution < 1.29 is 9.90 Å². The third kappa shape index (κ3) is 3.71. The minimum absolute atomic E-state index is 0.155. The maximum atomic E-state index is 10.9. The number of aromatic nitrogens is 1. The van der Waals surface area contributed by atoms with Crippen LogP contribution in [0.25, 0.3) is 0 Å². The number of primary amides is 1. The molecule has 3 N–H and O–H groups in total. The summed E-state index contributed by atoms with van der Waals surface area (Å²) >= 11 is 0. The van der Waals surface area contributed by atoms with Gasteiger partial charge in [-0.3, -0.25) is 4.79 Å². The van der Waals surface area contributed by atoms with Gasteiger partial charge < -0.3 is 15.7 Å². The van der Waals surface area contributed by atoms with Crippen LogP contribution in [0.15, 0.2) is 18.3 Å². The second kappa shape index (κ2) is 6.20. The summed E-state index contributed by atoms with van der Waals surface area (Å²) in [4.78, 5) is 17.2. The number of hydrogen-bond donors (Lipinski definition) is 2. The summed E-state index contributed by atoms with van der Waals surface area (Å²) in [6, 6.07) is 3.73. The molecular formula is C12H19N3O2. The van der Waals surface area contributed by atoms with E-state index in [0.29, 0.717) is 12.0 Å². The number of aliphatic hydroxyl groups excluding tert-OH is 1. The second-order valence-corrected chi connectivity index (χ2v) is 4.13. The van der Waals surface area contributed by atoms with Crippen molar-refractivity contribution in [2.45, 2.75) is 26.3 Å². The molecule has 0 saturated heterocycles. The van der Waals surface area contributed by atoms with E-state index in [1.165, 1.54) is 6.20 Å². The fraction of sp³-hybridized carbons (Fsp3) is 0.500. The Balaban J connectivity index is 2.83. The van der Waals surface area contributed by atoms with Crippen LogP contribution in [0.5, 0.6) is 0 Å². The zero-order chi connectivity index (χ0) is 12.8. The quantitative estimate of drug-likeness (QED) is 0.766. The van der Waals surface area contributed by atoms with E-state index < -0.39 is 5.91 Å². The van der Waals surface area contributed by atoms with Crippen LogP contribution in [-0.4, -0.2) is 35.2 Å². The first-order valence-corrected chi connectivity index (χ1v) is 5.69. The normalized spacial score (nSPS) is 10.6. The molecule has 0 saturated carbocycles. The molecule has 5 heteroatoms. The van der Waals surface area contributed by atoms with Gasteiger partial charge in [-0.2, -0.15) is 0 Å². The molecule has 0 aliphatic carbocycles. The molecule has 17 heavy (non-hydrogen) atoms. The molecule has 0 aliphatic heterocycles. The number of carbonyl (C=O) groups excluding carboxylic acids is 1. The number of aliphatic hydroxyl groups is 1. The first kappa shape index (κ1) is 13.4. The highest BCUT2D eigenvalue weighted by Crippen LogP contribution is 2.14. The lowest BCUT2D eigenvalue weighted by molar-refractivity contribution is 0.1000. The van der Waals surface area contributed by atoms with E-state index in [-0.39, 0.29) is 12.6 Å². The van der Waals surface area contributed by atoms with Gasteiger partial charge in [0.2, 0.25) is 5.91 Å². The molecule has 0 radical (unpaired) electrons. The summed E-state index contributed by atoms with van der Waals surface area (Å²) in [6.07, 6.45) is 2.17. The van der Waals surface area contributed by atoms with E-state index in [9.17, 15) is 4.79 Å². The van der Waals surface area contributed by atoms with Gasteiger partial charge in [0.15, 0.2) is 0 Å². The number of nitrogens with two attached hydrogens (primary N) is 1. The Morgan fingerprint density at radius 3 is 2.65 bits per heavy atom. The molecule has 0 aliphatic rings. The SMILES string of the molecule is CC(C)N(CCCO)c1ccc(C(N)=O)cn1. The van der Waals surface area contributed by atoms with E-state index >= 15 is 0 Å². The highest BCUT2D eigenvalue weighted by Gasteiger charge is 2.11. The van der Waals surface area contributed by atoms with Crippen molar-refractivity contribution in [1.82, 2.24) is 4.98 Å². The monoisotopic (exact) mass is 237 g/mol. The molecule has 1 rings (SSSR count). The van der Waals surface area contributed by atoms with Gasteiger partial charge in [0.1, 0.15) is 5.82 Å². The van der Waals surface area contributed by atoms with Crippen LogP contribution in [0.3, 0.4) is 0 Å². The summed E-state index contributed by atoms with van der Waals surface area (Å²) in [5.41, 5.74) is 5.56. The molecule has 0 bridgehead atoms. The van der Waals surface area contributed by atoms with Gasteiger partial charge in [0.25, 0.3) is 0 Å². The average molecular weight is 237 g/mol. The molecule has 1 amide bonds. The standard InChI is InChI=1S/C12H19N3O2/c1-9(2)15(6-3-7-16)11-5-4-10(8-14-11)12(13)17/h4-5,8-9,16H,3,6-7H2,1-2H3,(H2,13,17). The summed E-state index contributed by atoms with van der Waals surface area (Å²) < 4.78 is 0. The maximum absolute atomic E-state index is 10.9. The molecule has 5 nitrogen and oxygen atoms in total. The Hall–Kier alpha value is -1.62. The summed E-state index contributed by atoms with van der Waals surface area (Å²) in [6.45, 7) is 5.00. The van der Waals surface area contributed by atoms with Crippen LogP contribution in [0.2, 0.25) is 0 Å². The minimum atomic E-state index is -0.476. The number of hydrogen-bond acceptors (Lipinski definition) is 4. The van der Waals surface area contributed by atoms with Gasteiger partial charge >= 0.3 is 0 Å². The van der Waals surface area contributed by atoms with Crippen LogP contribution in [0.4, 0.5) is 5.82 Å². The fourth-order valence-electron chi connectivity index (χ4n) is 1.58. The Labute approximate surface area is 101 Å². The molecule has 0 aromatic carbocycles. The lowest BCUT2D eigenvalue weighted by Crippen LogP contribution is -2.33. The topological polar surface area (TPSA) is 79.5 Å². The zero-order valence-electron chi connectivity index (χ0n) is 10.3. The number of pyridine rings is 1. The van der Waals surface area contributed by atoms with Crippen LogP contribution >= 0.6 is 0 Å². The van der Waals surface area contributed by atoms with E-state index in [4.69, 9.17) is 10.8 Å². The van der Waals surface area contributed by atoms with Crippen LogP contribution in [0, 0.1) is 0 Å². The molecule has 94 valence electrons. The van der Waals surface area contributed by atoms with Crippen molar-refractivity contribution in [2.24, 2.45) is 5.73 Å². The van der Waals surface area contributed by atoms with Gasteiger partial charge in [-0.25, -0.2) is 4.98 Å². The highest BCUT2D eigenvalue weighted by atomic mass is 16.3. The van der Waals surface area contributed by atoms with E-state index in [1.807, 2.05) is 0 Å². The van der Waals surface area contributed by atoms with Crippen molar-refractivity contribution in [3.05, 3.63) is 23.9 Å². The largest absolute Gasteiger partial charge is 0.396 e. The molecular weight excluding hydrogens is 218 g/mol. The predicted molar refractivity (Wildman–Crippen MR) is 66.9 cm³/mol. The Morgan fingerprint density at radius 2 is 2.24 bits per heavy atom. The van der Waals surface area contributed by atoms with Crippen molar-refractivity contribution >= 4 is 11.7 Å². The molecule has 0 spiro atoms. The van der Waals surface area contributed by atoms with E-state index in [2.05, 4.69) is 23.7 Å². The lowest BCUT2D eigenvalue weighted by Gasteiger charge is -2.27. The number of carbonyl (C=O) groups is 1. The summed E-state index contributed by atoms with van der Waals surface area (Å²) in [7, 11) is 0. The molecule has 0 fully saturated rings. The van der Waals surface area contributed by atoms with Crippen LogP contribution in [0.1, 0.15) is 30.6 Å². The van der Waals surface area contributed by atoms with E-state index in [0.717, 1.165) is 12.4 Å². The first-order valence-electron chi connectivity index (χ1n) is 5.69. The third-order valence-electron chi connectivity index (χ3n) is 2.51. The Morgan fingerprint density at radius 1 is 1.53 bits per heavy atom.